The zero-order chi connectivity index (χ0) is 11.8. The molecule has 0 aliphatic carbocycles. The Morgan fingerprint density at radius 2 is 2.07 bits per heavy atom. The van der Waals surface area contributed by atoms with Gasteiger partial charge in [-0.25, -0.2) is 0 Å². The van der Waals surface area contributed by atoms with Gasteiger partial charge in [-0.1, -0.05) is 6.58 Å². The first-order chi connectivity index (χ1) is 7.01. The van der Waals surface area contributed by atoms with Crippen molar-refractivity contribution >= 4 is 17.8 Å². The van der Waals surface area contributed by atoms with Crippen LogP contribution >= 0.6 is 0 Å². The van der Waals surface area contributed by atoms with Gasteiger partial charge in [0.1, 0.15) is 6.04 Å². The van der Waals surface area contributed by atoms with Gasteiger partial charge in [-0.3, -0.25) is 14.4 Å². The molecule has 6 nitrogen and oxygen atoms in total. The molecule has 1 atom stereocenters. The lowest BCUT2D eigenvalue weighted by molar-refractivity contribution is -0.137. The molecule has 0 aromatic heterocycles. The second-order valence-electron chi connectivity index (χ2n) is 2.81. The van der Waals surface area contributed by atoms with E-state index in [1.54, 1.807) is 0 Å². The van der Waals surface area contributed by atoms with Crippen molar-refractivity contribution in [2.75, 3.05) is 7.05 Å². The maximum absolute atomic E-state index is 11.2. The van der Waals surface area contributed by atoms with E-state index in [2.05, 4.69) is 17.2 Å². The molecule has 15 heavy (non-hydrogen) atoms. The van der Waals surface area contributed by atoms with Crippen LogP contribution in [0.3, 0.4) is 0 Å². The van der Waals surface area contributed by atoms with Crippen LogP contribution in [0.1, 0.15) is 12.8 Å². The third-order valence-corrected chi connectivity index (χ3v) is 1.71. The number of carboxylic acids is 1. The van der Waals surface area contributed by atoms with Gasteiger partial charge in [0.2, 0.25) is 11.8 Å². The number of carbonyl (C=O) groups excluding carboxylic acids is 2. The Labute approximate surface area is 87.3 Å². The highest BCUT2D eigenvalue weighted by atomic mass is 16.4. The Kier molecular flexibility index (Phi) is 5.77. The largest absolute Gasteiger partial charge is 0.481 e. The zero-order valence-corrected chi connectivity index (χ0v) is 8.45. The van der Waals surface area contributed by atoms with Crippen molar-refractivity contribution in [3.8, 4) is 0 Å². The molecular weight excluding hydrogens is 200 g/mol. The van der Waals surface area contributed by atoms with Crippen LogP contribution in [0.15, 0.2) is 12.7 Å². The van der Waals surface area contributed by atoms with Crippen LogP contribution in [-0.2, 0) is 14.4 Å². The van der Waals surface area contributed by atoms with E-state index < -0.39 is 23.8 Å². The molecule has 0 saturated carbocycles. The zero-order valence-electron chi connectivity index (χ0n) is 8.45. The number of hydrogen-bond acceptors (Lipinski definition) is 3. The van der Waals surface area contributed by atoms with Crippen molar-refractivity contribution < 1.29 is 19.5 Å². The molecule has 3 N–H and O–H groups in total. The summed E-state index contributed by atoms with van der Waals surface area (Å²) in [5, 5.41) is 13.1. The molecule has 0 rings (SSSR count). The summed E-state index contributed by atoms with van der Waals surface area (Å²) >= 11 is 0. The minimum Gasteiger partial charge on any atom is -0.481 e. The Hall–Kier alpha value is -1.85. The first-order valence-corrected chi connectivity index (χ1v) is 4.37. The highest BCUT2D eigenvalue weighted by molar-refractivity contribution is 5.92. The molecule has 0 unspecified atom stereocenters. The number of aliphatic carboxylic acids is 1. The number of carbonyl (C=O) groups is 3. The van der Waals surface area contributed by atoms with E-state index >= 15 is 0 Å². The van der Waals surface area contributed by atoms with E-state index in [1.807, 2.05) is 0 Å². The van der Waals surface area contributed by atoms with E-state index in [9.17, 15) is 14.4 Å². The van der Waals surface area contributed by atoms with Crippen molar-refractivity contribution in [2.24, 2.45) is 0 Å². The molecule has 0 aliphatic heterocycles. The molecule has 84 valence electrons. The van der Waals surface area contributed by atoms with Crippen LogP contribution in [0.4, 0.5) is 0 Å². The molecular formula is C9H14N2O4. The Morgan fingerprint density at radius 3 is 2.47 bits per heavy atom. The van der Waals surface area contributed by atoms with Crippen molar-refractivity contribution in [1.29, 1.82) is 0 Å². The van der Waals surface area contributed by atoms with Crippen LogP contribution in [0.25, 0.3) is 0 Å². The van der Waals surface area contributed by atoms with E-state index in [1.165, 1.54) is 7.05 Å². The van der Waals surface area contributed by atoms with Crippen LogP contribution in [0.5, 0.6) is 0 Å². The van der Waals surface area contributed by atoms with Gasteiger partial charge in [-0.2, -0.15) is 0 Å². The lowest BCUT2D eigenvalue weighted by Gasteiger charge is -2.14. The van der Waals surface area contributed by atoms with E-state index in [0.29, 0.717) is 0 Å². The lowest BCUT2D eigenvalue weighted by atomic mass is 10.1. The van der Waals surface area contributed by atoms with Gasteiger partial charge in [0.05, 0.1) is 0 Å². The number of amides is 2. The van der Waals surface area contributed by atoms with Crippen molar-refractivity contribution in [3.63, 3.8) is 0 Å². The van der Waals surface area contributed by atoms with Crippen LogP contribution < -0.4 is 10.6 Å². The second kappa shape index (κ2) is 6.58. The van der Waals surface area contributed by atoms with Crippen molar-refractivity contribution in [3.05, 3.63) is 12.7 Å². The van der Waals surface area contributed by atoms with E-state index in [4.69, 9.17) is 5.11 Å². The summed E-state index contributed by atoms with van der Waals surface area (Å²) in [5.41, 5.74) is 0. The summed E-state index contributed by atoms with van der Waals surface area (Å²) in [4.78, 5) is 32.5. The fraction of sp³-hybridized carbons (Fsp3) is 0.444. The van der Waals surface area contributed by atoms with Crippen LogP contribution in [-0.4, -0.2) is 36.0 Å². The average Bonchev–Trinajstić information content (AvgIpc) is 2.22. The molecule has 0 saturated heterocycles. The molecule has 0 heterocycles. The summed E-state index contributed by atoms with van der Waals surface area (Å²) in [5.74, 6) is -1.95. The molecule has 0 fully saturated rings. The first-order valence-electron chi connectivity index (χ1n) is 4.37. The second-order valence-corrected chi connectivity index (χ2v) is 2.81. The predicted molar refractivity (Wildman–Crippen MR) is 53.1 cm³/mol. The first kappa shape index (κ1) is 13.2. The van der Waals surface area contributed by atoms with Gasteiger partial charge in [-0.15, -0.1) is 0 Å². The van der Waals surface area contributed by atoms with Gasteiger partial charge in [0.25, 0.3) is 0 Å². The molecule has 6 heteroatoms. The van der Waals surface area contributed by atoms with Crippen molar-refractivity contribution in [1.82, 2.24) is 10.6 Å². The van der Waals surface area contributed by atoms with Gasteiger partial charge in [0.15, 0.2) is 0 Å². The number of likely N-dealkylation sites (N-methyl/N-ethyl adjacent to an activating group) is 1. The smallest absolute Gasteiger partial charge is 0.303 e. The van der Waals surface area contributed by atoms with Crippen molar-refractivity contribution in [2.45, 2.75) is 18.9 Å². The fourth-order valence-electron chi connectivity index (χ4n) is 0.942. The Morgan fingerprint density at radius 1 is 1.47 bits per heavy atom. The molecule has 0 aromatic carbocycles. The predicted octanol–water partition coefficient (Wildman–Crippen LogP) is -0.732. The Balaban J connectivity index is 4.30. The minimum atomic E-state index is -1.02. The number of hydrogen-bond donors (Lipinski definition) is 3. The highest BCUT2D eigenvalue weighted by Crippen LogP contribution is 1.98. The molecule has 0 bridgehead atoms. The number of carboxylic acid groups (broad SMARTS) is 1. The molecule has 0 spiro atoms. The summed E-state index contributed by atoms with van der Waals surface area (Å²) in [7, 11) is 1.41. The number of nitrogens with one attached hydrogen (secondary N) is 2. The van der Waals surface area contributed by atoms with Crippen LogP contribution in [0.2, 0.25) is 0 Å². The molecule has 0 radical (unpaired) electrons. The standard InChI is InChI=1S/C9H14N2O4/c1-3-7(12)11-6(9(15)10-2)4-5-8(13)14/h3,6H,1,4-5H2,2H3,(H,10,15)(H,11,12)(H,13,14)/t6-/m0/s1. The summed E-state index contributed by atoms with van der Waals surface area (Å²) in [6, 6.07) is -0.836. The summed E-state index contributed by atoms with van der Waals surface area (Å²) in [6.45, 7) is 3.23. The monoisotopic (exact) mass is 214 g/mol. The normalized spacial score (nSPS) is 11.3. The van der Waals surface area contributed by atoms with E-state index in [-0.39, 0.29) is 12.8 Å². The van der Waals surface area contributed by atoms with Gasteiger partial charge in [0, 0.05) is 13.5 Å². The maximum atomic E-state index is 11.2. The minimum absolute atomic E-state index is 0.0502. The van der Waals surface area contributed by atoms with Gasteiger partial charge in [-0.05, 0) is 12.5 Å². The topological polar surface area (TPSA) is 95.5 Å². The summed E-state index contributed by atoms with van der Waals surface area (Å²) in [6.07, 6.45) is 0.890. The lowest BCUT2D eigenvalue weighted by Crippen LogP contribution is -2.45. The quantitative estimate of drug-likeness (QED) is 0.508. The third-order valence-electron chi connectivity index (χ3n) is 1.71. The molecule has 0 aliphatic rings. The van der Waals surface area contributed by atoms with Crippen LogP contribution in [0, 0.1) is 0 Å². The fourth-order valence-corrected chi connectivity index (χ4v) is 0.942. The summed E-state index contributed by atoms with van der Waals surface area (Å²) < 4.78 is 0. The molecule has 2 amide bonds. The number of rotatable bonds is 6. The SMILES string of the molecule is C=CC(=O)N[C@@H](CCC(=O)O)C(=O)NC. The molecule has 0 aromatic rings. The van der Waals surface area contributed by atoms with Gasteiger partial charge >= 0.3 is 5.97 Å². The average molecular weight is 214 g/mol. The highest BCUT2D eigenvalue weighted by Gasteiger charge is 2.19. The van der Waals surface area contributed by atoms with Gasteiger partial charge < -0.3 is 15.7 Å². The van der Waals surface area contributed by atoms with E-state index in [0.717, 1.165) is 6.08 Å². The maximum Gasteiger partial charge on any atom is 0.303 e. The third kappa shape index (κ3) is 5.45. The Bertz CT molecular complexity index is 275.